The number of fused-ring (bicyclic) bond motifs is 1. The van der Waals surface area contributed by atoms with Gasteiger partial charge < -0.3 is 15.3 Å². The van der Waals surface area contributed by atoms with E-state index in [9.17, 15) is 19.5 Å². The second kappa shape index (κ2) is 10.2. The molecule has 1 saturated heterocycles. The number of β-lactam (4-membered cyclic amide) rings is 1. The van der Waals surface area contributed by atoms with E-state index < -0.39 is 12.0 Å². The molecular formula is C19H23N3O4S4. The minimum absolute atomic E-state index is 0.0300. The van der Waals surface area contributed by atoms with Crippen LogP contribution >= 0.6 is 47.1 Å². The number of thiocarbonyl (C=S) groups is 1. The lowest BCUT2D eigenvalue weighted by atomic mass is 10.0. The van der Waals surface area contributed by atoms with Gasteiger partial charge in [0.15, 0.2) is 0 Å². The summed E-state index contributed by atoms with van der Waals surface area (Å²) in [4.78, 5) is 41.2. The number of hydrogen-bond acceptors (Lipinski definition) is 7. The number of carbonyl (C=O) groups excluding carboxylic acids is 2. The van der Waals surface area contributed by atoms with E-state index in [1.54, 1.807) is 0 Å². The predicted octanol–water partition coefficient (Wildman–Crippen LogP) is 2.39. The fourth-order valence-corrected chi connectivity index (χ4v) is 6.90. The van der Waals surface area contributed by atoms with Crippen LogP contribution in [0.15, 0.2) is 28.8 Å². The van der Waals surface area contributed by atoms with Gasteiger partial charge in [0.25, 0.3) is 5.91 Å². The lowest BCUT2D eigenvalue weighted by Gasteiger charge is -2.49. The molecule has 3 rings (SSSR count). The molecule has 0 aromatic carbocycles. The molecule has 0 radical (unpaired) electrons. The first-order valence-electron chi connectivity index (χ1n) is 9.50. The van der Waals surface area contributed by atoms with Crippen molar-refractivity contribution in [3.63, 3.8) is 0 Å². The van der Waals surface area contributed by atoms with Crippen LogP contribution in [0, 0.1) is 0 Å². The van der Waals surface area contributed by atoms with Gasteiger partial charge in [0, 0.05) is 29.5 Å². The summed E-state index contributed by atoms with van der Waals surface area (Å²) in [6, 6.07) is 3.05. The van der Waals surface area contributed by atoms with Gasteiger partial charge >= 0.3 is 5.97 Å². The quantitative estimate of drug-likeness (QED) is 0.429. The van der Waals surface area contributed by atoms with Crippen molar-refractivity contribution < 1.29 is 19.5 Å². The van der Waals surface area contributed by atoms with Crippen molar-refractivity contribution in [2.45, 2.75) is 31.7 Å². The maximum Gasteiger partial charge on any atom is 0.352 e. The van der Waals surface area contributed by atoms with Gasteiger partial charge in [-0.05, 0) is 30.9 Å². The van der Waals surface area contributed by atoms with Crippen molar-refractivity contribution in [3.05, 3.63) is 33.7 Å². The number of thiophene rings is 1. The molecule has 11 heteroatoms. The number of hydrogen-bond donors (Lipinski definition) is 2. The largest absolute Gasteiger partial charge is 0.477 e. The molecule has 7 nitrogen and oxygen atoms in total. The van der Waals surface area contributed by atoms with Gasteiger partial charge in [0.1, 0.15) is 21.4 Å². The van der Waals surface area contributed by atoms with E-state index in [0.717, 1.165) is 22.3 Å². The Balaban J connectivity index is 1.66. The molecule has 2 aliphatic rings. The van der Waals surface area contributed by atoms with E-state index in [-0.39, 0.29) is 29.3 Å². The number of aliphatic carboxylic acids is 1. The van der Waals surface area contributed by atoms with Gasteiger partial charge in [-0.25, -0.2) is 4.79 Å². The molecule has 0 spiro atoms. The van der Waals surface area contributed by atoms with Crippen molar-refractivity contribution in [2.24, 2.45) is 0 Å². The SMILES string of the molecule is CCN(CC)C(=S)SCC1=C(C(=O)O)N2C(=O)[C@@H](NC(=O)Cc3cccs3)[C@H]2SC1. The van der Waals surface area contributed by atoms with Crippen LogP contribution in [-0.4, -0.2) is 73.0 Å². The molecular weight excluding hydrogens is 462 g/mol. The molecule has 162 valence electrons. The van der Waals surface area contributed by atoms with Crippen molar-refractivity contribution in [2.75, 3.05) is 24.6 Å². The van der Waals surface area contributed by atoms with Crippen LogP contribution < -0.4 is 5.32 Å². The number of nitrogens with zero attached hydrogens (tertiary/aromatic N) is 2. The summed E-state index contributed by atoms with van der Waals surface area (Å²) in [6.45, 7) is 5.62. The molecule has 2 aliphatic heterocycles. The number of carbonyl (C=O) groups is 3. The Bertz CT molecular complexity index is 867. The van der Waals surface area contributed by atoms with Crippen LogP contribution in [0.5, 0.6) is 0 Å². The third-order valence-corrected chi connectivity index (χ3v) is 8.70. The number of carboxylic acids is 1. The first-order chi connectivity index (χ1) is 14.4. The van der Waals surface area contributed by atoms with E-state index in [1.165, 1.54) is 39.8 Å². The van der Waals surface area contributed by atoms with Gasteiger partial charge in [0.05, 0.1) is 6.42 Å². The second-order valence-electron chi connectivity index (χ2n) is 6.70. The van der Waals surface area contributed by atoms with Crippen LogP contribution in [0.2, 0.25) is 0 Å². The van der Waals surface area contributed by atoms with Crippen LogP contribution in [0.25, 0.3) is 0 Å². The Morgan fingerprint density at radius 1 is 1.40 bits per heavy atom. The Kier molecular flexibility index (Phi) is 7.83. The summed E-state index contributed by atoms with van der Waals surface area (Å²) in [5.74, 6) is -0.820. The minimum Gasteiger partial charge on any atom is -0.477 e. The Morgan fingerprint density at radius 2 is 2.13 bits per heavy atom. The zero-order valence-corrected chi connectivity index (χ0v) is 19.9. The fraction of sp³-hybridized carbons (Fsp3) is 0.474. The van der Waals surface area contributed by atoms with Crippen molar-refractivity contribution in [3.8, 4) is 0 Å². The third kappa shape index (κ3) is 4.84. The topological polar surface area (TPSA) is 90.0 Å². The highest BCUT2D eigenvalue weighted by molar-refractivity contribution is 8.23. The third-order valence-electron chi connectivity index (χ3n) is 4.87. The highest BCUT2D eigenvalue weighted by atomic mass is 32.2. The second-order valence-corrected chi connectivity index (χ2v) is 10.4. The molecule has 0 bridgehead atoms. The molecule has 2 atom stereocenters. The van der Waals surface area contributed by atoms with Gasteiger partial charge in [-0.2, -0.15) is 0 Å². The zero-order valence-electron chi connectivity index (χ0n) is 16.6. The van der Waals surface area contributed by atoms with Gasteiger partial charge in [0.2, 0.25) is 5.91 Å². The van der Waals surface area contributed by atoms with E-state index in [4.69, 9.17) is 12.2 Å². The predicted molar refractivity (Wildman–Crippen MR) is 126 cm³/mol. The van der Waals surface area contributed by atoms with Crippen molar-refractivity contribution >= 4 is 69.2 Å². The van der Waals surface area contributed by atoms with E-state index in [0.29, 0.717) is 17.1 Å². The summed E-state index contributed by atoms with van der Waals surface area (Å²) in [7, 11) is 0. The van der Waals surface area contributed by atoms with Gasteiger partial charge in [-0.3, -0.25) is 14.5 Å². The van der Waals surface area contributed by atoms with Crippen molar-refractivity contribution in [1.29, 1.82) is 0 Å². The number of amides is 2. The minimum atomic E-state index is -1.12. The number of nitrogens with one attached hydrogen (secondary N) is 1. The van der Waals surface area contributed by atoms with Gasteiger partial charge in [-0.1, -0.05) is 30.0 Å². The van der Waals surface area contributed by atoms with Crippen LogP contribution in [0.3, 0.4) is 0 Å². The average molecular weight is 486 g/mol. The molecule has 2 amide bonds. The maximum absolute atomic E-state index is 12.7. The van der Waals surface area contributed by atoms with E-state index in [1.807, 2.05) is 36.3 Å². The zero-order chi connectivity index (χ0) is 21.8. The molecule has 1 aromatic rings. The molecule has 3 heterocycles. The van der Waals surface area contributed by atoms with Crippen LogP contribution in [-0.2, 0) is 20.8 Å². The average Bonchev–Trinajstić information content (AvgIpc) is 3.23. The number of rotatable bonds is 8. The summed E-state index contributed by atoms with van der Waals surface area (Å²) in [5.41, 5.74) is 0.710. The number of carboxylic acid groups (broad SMARTS) is 1. The monoisotopic (exact) mass is 485 g/mol. The van der Waals surface area contributed by atoms with Gasteiger partial charge in [-0.15, -0.1) is 23.1 Å². The standard InChI is InChI=1S/C19H23N3O4S4/c1-3-21(4-2)19(27)30-10-11-9-29-17-14(16(24)22(17)15(11)18(25)26)20-13(23)8-12-6-5-7-28-12/h5-7,14,17H,3-4,8-10H2,1-2H3,(H,20,23)(H,25,26)/t14-,17-/m1/s1. The summed E-state index contributed by atoms with van der Waals surface area (Å²) in [5, 5.41) is 14.0. The smallest absolute Gasteiger partial charge is 0.352 e. The van der Waals surface area contributed by atoms with Crippen molar-refractivity contribution in [1.82, 2.24) is 15.1 Å². The molecule has 0 unspecified atom stereocenters. The van der Waals surface area contributed by atoms with Crippen LogP contribution in [0.4, 0.5) is 0 Å². The Hall–Kier alpha value is -1.56. The molecule has 1 aromatic heterocycles. The first-order valence-corrected chi connectivity index (χ1v) is 12.8. The highest BCUT2D eigenvalue weighted by Gasteiger charge is 2.54. The lowest BCUT2D eigenvalue weighted by Crippen LogP contribution is -2.70. The van der Waals surface area contributed by atoms with E-state index in [2.05, 4.69) is 5.32 Å². The number of thioether (sulfide) groups is 2. The first kappa shape index (κ1) is 23.1. The summed E-state index contributed by atoms with van der Waals surface area (Å²) < 4.78 is 0.720. The molecule has 2 N–H and O–H groups in total. The fourth-order valence-electron chi connectivity index (χ4n) is 3.31. The molecule has 1 fully saturated rings. The maximum atomic E-state index is 12.7. The summed E-state index contributed by atoms with van der Waals surface area (Å²) in [6.07, 6.45) is 0.213. The Labute approximate surface area is 193 Å². The highest BCUT2D eigenvalue weighted by Crippen LogP contribution is 2.41. The summed E-state index contributed by atoms with van der Waals surface area (Å²) >= 11 is 9.81. The normalized spacial score (nSPS) is 20.5. The van der Waals surface area contributed by atoms with E-state index >= 15 is 0 Å². The molecule has 30 heavy (non-hydrogen) atoms. The lowest BCUT2D eigenvalue weighted by molar-refractivity contribution is -0.150. The molecule has 0 aliphatic carbocycles. The molecule has 0 saturated carbocycles. The Morgan fingerprint density at radius 3 is 2.73 bits per heavy atom. The van der Waals surface area contributed by atoms with Crippen LogP contribution in [0.1, 0.15) is 18.7 Å².